The first-order valence-electron chi connectivity index (χ1n) is 2.70. The molecule has 0 rings (SSSR count). The molecule has 0 N–H and O–H groups in total. The molecule has 0 aliphatic heterocycles. The lowest BCUT2D eigenvalue weighted by atomic mass is 10.5. The largest absolute Gasteiger partial charge is 0.463 e. The zero-order chi connectivity index (χ0) is 7.11. The molecule has 0 radical (unpaired) electrons. The van der Waals surface area contributed by atoms with Gasteiger partial charge < -0.3 is 4.74 Å². The van der Waals surface area contributed by atoms with E-state index in [0.29, 0.717) is 12.5 Å². The lowest BCUT2D eigenvalue weighted by molar-refractivity contribution is -0.137. The van der Waals surface area contributed by atoms with Crippen molar-refractivity contribution in [2.75, 3.05) is 12.5 Å². The van der Waals surface area contributed by atoms with E-state index in [1.807, 2.05) is 0 Å². The summed E-state index contributed by atoms with van der Waals surface area (Å²) >= 11 is 5.25. The number of rotatable bonds is 3. The summed E-state index contributed by atoms with van der Waals surface area (Å²) in [6.45, 7) is 2.16. The minimum Gasteiger partial charge on any atom is -0.463 e. The van der Waals surface area contributed by atoms with Crippen LogP contribution in [0.1, 0.15) is 6.92 Å². The molecule has 0 saturated heterocycles. The first-order valence-corrected chi connectivity index (χ1v) is 3.24. The van der Waals surface area contributed by atoms with Gasteiger partial charge in [0.1, 0.15) is 0 Å². The fourth-order valence-corrected chi connectivity index (χ4v) is 0.420. The van der Waals surface area contributed by atoms with E-state index in [9.17, 15) is 4.79 Å². The lowest BCUT2D eigenvalue weighted by Crippen LogP contribution is -1.98. The van der Waals surface area contributed by atoms with Crippen molar-refractivity contribution in [1.82, 2.24) is 0 Å². The average Bonchev–Trinajstić information content (AvgIpc) is 1.85. The summed E-state index contributed by atoms with van der Waals surface area (Å²) in [5.41, 5.74) is 0. The number of allylic oxidation sites excluding steroid dienone is 1. The molecule has 9 heavy (non-hydrogen) atoms. The minimum absolute atomic E-state index is 0.335. The van der Waals surface area contributed by atoms with E-state index >= 15 is 0 Å². The second-order valence-electron chi connectivity index (χ2n) is 1.31. The highest BCUT2D eigenvalue weighted by molar-refractivity contribution is 6.19. The quantitative estimate of drug-likeness (QED) is 0.343. The maximum atomic E-state index is 10.4. The zero-order valence-corrected chi connectivity index (χ0v) is 6.02. The molecule has 0 unspecified atom stereocenters. The Hall–Kier alpha value is -0.500. The van der Waals surface area contributed by atoms with Crippen LogP contribution in [0.3, 0.4) is 0 Å². The fourth-order valence-electron chi connectivity index (χ4n) is 0.331. The predicted molar refractivity (Wildman–Crippen MR) is 36.5 cm³/mol. The highest BCUT2D eigenvalue weighted by Crippen LogP contribution is 1.82. The predicted octanol–water partition coefficient (Wildman–Crippen LogP) is 1.34. The molecule has 0 aliphatic carbocycles. The highest BCUT2D eigenvalue weighted by Gasteiger charge is 1.89. The molecule has 2 nitrogen and oxygen atoms in total. The number of esters is 1. The van der Waals surface area contributed by atoms with Gasteiger partial charge in [-0.25, -0.2) is 4.79 Å². The Labute approximate surface area is 59.5 Å². The number of hydrogen-bond acceptors (Lipinski definition) is 2. The van der Waals surface area contributed by atoms with Crippen LogP contribution in [0.5, 0.6) is 0 Å². The average molecular weight is 149 g/mol. The standard InChI is InChI=1S/C6H9ClO2/c1-2-9-6(8)4-3-5-7/h3-4H,2,5H2,1H3/b4-3+. The maximum Gasteiger partial charge on any atom is 0.330 e. The Morgan fingerprint density at radius 3 is 2.89 bits per heavy atom. The van der Waals surface area contributed by atoms with Gasteiger partial charge in [0.15, 0.2) is 0 Å². The van der Waals surface area contributed by atoms with Gasteiger partial charge in [0, 0.05) is 12.0 Å². The van der Waals surface area contributed by atoms with Crippen LogP contribution in [-0.2, 0) is 9.53 Å². The first kappa shape index (κ1) is 8.50. The Balaban J connectivity index is 3.37. The Bertz CT molecular complexity index is 110. The van der Waals surface area contributed by atoms with Gasteiger partial charge in [-0.05, 0) is 6.92 Å². The molecule has 0 heterocycles. The van der Waals surface area contributed by atoms with Gasteiger partial charge in [-0.1, -0.05) is 6.08 Å². The van der Waals surface area contributed by atoms with Crippen molar-refractivity contribution in [3.8, 4) is 0 Å². The smallest absolute Gasteiger partial charge is 0.330 e. The summed E-state index contributed by atoms with van der Waals surface area (Å²) in [5, 5.41) is 0. The van der Waals surface area contributed by atoms with Crippen molar-refractivity contribution in [1.29, 1.82) is 0 Å². The zero-order valence-electron chi connectivity index (χ0n) is 5.26. The number of halogens is 1. The van der Waals surface area contributed by atoms with Crippen LogP contribution in [-0.4, -0.2) is 18.5 Å². The number of alkyl halides is 1. The number of ether oxygens (including phenoxy) is 1. The molecule has 0 aromatic heterocycles. The van der Waals surface area contributed by atoms with Crippen LogP contribution >= 0.6 is 11.6 Å². The summed E-state index contributed by atoms with van der Waals surface area (Å²) in [6, 6.07) is 0. The summed E-state index contributed by atoms with van der Waals surface area (Å²) in [5.74, 6) is 0.0110. The molecule has 0 spiro atoms. The normalized spacial score (nSPS) is 10.0. The number of hydrogen-bond donors (Lipinski definition) is 0. The number of carbonyl (C=O) groups is 1. The van der Waals surface area contributed by atoms with Crippen LogP contribution in [0, 0.1) is 0 Å². The van der Waals surface area contributed by atoms with Crippen LogP contribution in [0.2, 0.25) is 0 Å². The van der Waals surface area contributed by atoms with Gasteiger partial charge in [-0.15, -0.1) is 11.6 Å². The van der Waals surface area contributed by atoms with Crippen LogP contribution < -0.4 is 0 Å². The third kappa shape index (κ3) is 5.37. The highest BCUT2D eigenvalue weighted by atomic mass is 35.5. The topological polar surface area (TPSA) is 26.3 Å². The van der Waals surface area contributed by atoms with Gasteiger partial charge in [0.2, 0.25) is 0 Å². The molecular formula is C6H9ClO2. The molecule has 0 saturated carbocycles. The molecule has 0 aromatic rings. The molecular weight excluding hydrogens is 140 g/mol. The van der Waals surface area contributed by atoms with Crippen molar-refractivity contribution < 1.29 is 9.53 Å². The molecule has 0 amide bonds. The van der Waals surface area contributed by atoms with E-state index in [1.165, 1.54) is 6.08 Å². The Kier molecular flexibility index (Phi) is 5.32. The summed E-state index contributed by atoms with van der Waals surface area (Å²) < 4.78 is 4.56. The second kappa shape index (κ2) is 5.63. The van der Waals surface area contributed by atoms with E-state index in [0.717, 1.165) is 0 Å². The molecule has 0 bridgehead atoms. The molecule has 0 fully saturated rings. The third-order valence-electron chi connectivity index (χ3n) is 0.630. The van der Waals surface area contributed by atoms with Crippen molar-refractivity contribution >= 4 is 17.6 Å². The summed E-state index contributed by atoms with van der Waals surface area (Å²) in [4.78, 5) is 10.4. The van der Waals surface area contributed by atoms with Crippen LogP contribution in [0.15, 0.2) is 12.2 Å². The molecule has 0 atom stereocenters. The second-order valence-corrected chi connectivity index (χ2v) is 1.62. The van der Waals surface area contributed by atoms with E-state index in [-0.39, 0.29) is 5.97 Å². The maximum absolute atomic E-state index is 10.4. The molecule has 52 valence electrons. The van der Waals surface area contributed by atoms with Gasteiger partial charge in [0.05, 0.1) is 6.61 Å². The van der Waals surface area contributed by atoms with Crippen LogP contribution in [0.4, 0.5) is 0 Å². The van der Waals surface area contributed by atoms with Gasteiger partial charge in [-0.2, -0.15) is 0 Å². The Morgan fingerprint density at radius 2 is 2.44 bits per heavy atom. The van der Waals surface area contributed by atoms with Crippen molar-refractivity contribution in [2.24, 2.45) is 0 Å². The van der Waals surface area contributed by atoms with E-state index < -0.39 is 0 Å². The van der Waals surface area contributed by atoms with Gasteiger partial charge in [-0.3, -0.25) is 0 Å². The monoisotopic (exact) mass is 148 g/mol. The van der Waals surface area contributed by atoms with Crippen molar-refractivity contribution in [3.63, 3.8) is 0 Å². The summed E-state index contributed by atoms with van der Waals surface area (Å²) in [7, 11) is 0. The third-order valence-corrected chi connectivity index (χ3v) is 0.808. The number of carbonyl (C=O) groups excluding carboxylic acids is 1. The van der Waals surface area contributed by atoms with Crippen molar-refractivity contribution in [3.05, 3.63) is 12.2 Å². The van der Waals surface area contributed by atoms with Gasteiger partial charge >= 0.3 is 5.97 Å². The lowest BCUT2D eigenvalue weighted by Gasteiger charge is -1.92. The molecule has 3 heteroatoms. The fraction of sp³-hybridized carbons (Fsp3) is 0.500. The van der Waals surface area contributed by atoms with Crippen molar-refractivity contribution in [2.45, 2.75) is 6.92 Å². The van der Waals surface area contributed by atoms with Crippen LogP contribution in [0.25, 0.3) is 0 Å². The first-order chi connectivity index (χ1) is 4.31. The summed E-state index contributed by atoms with van der Waals surface area (Å²) in [6.07, 6.45) is 2.86. The van der Waals surface area contributed by atoms with E-state index in [1.54, 1.807) is 13.0 Å². The Morgan fingerprint density at radius 1 is 1.78 bits per heavy atom. The van der Waals surface area contributed by atoms with Gasteiger partial charge in [0.25, 0.3) is 0 Å². The van der Waals surface area contributed by atoms with E-state index in [2.05, 4.69) is 4.74 Å². The SMILES string of the molecule is CCOC(=O)/C=C/CCl. The van der Waals surface area contributed by atoms with E-state index in [4.69, 9.17) is 11.6 Å². The molecule has 0 aromatic carbocycles. The molecule has 0 aliphatic rings. The minimum atomic E-state index is -0.335.